The Morgan fingerprint density at radius 3 is 2.41 bits per heavy atom. The summed E-state index contributed by atoms with van der Waals surface area (Å²) in [4.78, 5) is 19.7. The molecule has 1 amide bonds. The maximum absolute atomic E-state index is 12.7. The van der Waals surface area contributed by atoms with Gasteiger partial charge in [0.05, 0.1) is 5.69 Å². The highest BCUT2D eigenvalue weighted by Crippen LogP contribution is 2.27. The van der Waals surface area contributed by atoms with E-state index in [1.165, 1.54) is 0 Å². The quantitative estimate of drug-likeness (QED) is 0.520. The molecule has 0 aliphatic carbocycles. The van der Waals surface area contributed by atoms with Gasteiger partial charge < -0.3 is 10.2 Å². The van der Waals surface area contributed by atoms with Gasteiger partial charge in [0.2, 0.25) is 5.91 Å². The Labute approximate surface area is 187 Å². The molecule has 0 saturated carbocycles. The molecule has 1 aliphatic rings. The number of anilines is 1. The standard InChI is InChI=1S/C26H27N5O/c1-19-16-25(31-24(28-19)17-23(29-31)21-10-6-3-7-11-21)30-14-12-22(13-15-30)26(32)27-18-20-8-4-2-5-9-20/h2-11,16-17,22H,12-15,18H2,1H3,(H,27,32). The molecule has 0 radical (unpaired) electrons. The zero-order valence-electron chi connectivity index (χ0n) is 18.2. The molecule has 0 spiro atoms. The molecule has 5 rings (SSSR count). The van der Waals surface area contributed by atoms with Crippen molar-refractivity contribution < 1.29 is 4.79 Å². The number of carbonyl (C=O) groups is 1. The summed E-state index contributed by atoms with van der Waals surface area (Å²) in [5, 5.41) is 7.95. The van der Waals surface area contributed by atoms with E-state index in [-0.39, 0.29) is 11.8 Å². The van der Waals surface area contributed by atoms with Crippen molar-refractivity contribution in [1.29, 1.82) is 0 Å². The molecule has 2 aromatic heterocycles. The van der Waals surface area contributed by atoms with E-state index in [0.717, 1.165) is 59.9 Å². The first-order chi connectivity index (χ1) is 15.7. The average Bonchev–Trinajstić information content (AvgIpc) is 3.27. The predicted molar refractivity (Wildman–Crippen MR) is 126 cm³/mol. The normalized spacial score (nSPS) is 14.6. The van der Waals surface area contributed by atoms with E-state index in [2.05, 4.69) is 33.4 Å². The second-order valence-corrected chi connectivity index (χ2v) is 8.39. The highest BCUT2D eigenvalue weighted by atomic mass is 16.1. The third-order valence-electron chi connectivity index (χ3n) is 6.11. The van der Waals surface area contributed by atoms with Crippen molar-refractivity contribution in [3.05, 3.63) is 84.1 Å². The molecular weight excluding hydrogens is 398 g/mol. The van der Waals surface area contributed by atoms with Crippen LogP contribution in [0.25, 0.3) is 16.9 Å². The van der Waals surface area contributed by atoms with Gasteiger partial charge in [-0.15, -0.1) is 0 Å². The molecule has 1 fully saturated rings. The third kappa shape index (κ3) is 4.21. The molecule has 6 nitrogen and oxygen atoms in total. The Bertz CT molecular complexity index is 1210. The van der Waals surface area contributed by atoms with Gasteiger partial charge in [0.1, 0.15) is 5.82 Å². The predicted octanol–water partition coefficient (Wildman–Crippen LogP) is 4.24. The van der Waals surface area contributed by atoms with E-state index >= 15 is 0 Å². The summed E-state index contributed by atoms with van der Waals surface area (Å²) in [5.41, 5.74) is 4.94. The number of benzene rings is 2. The maximum Gasteiger partial charge on any atom is 0.223 e. The van der Waals surface area contributed by atoms with Gasteiger partial charge in [0, 0.05) is 48.9 Å². The number of fused-ring (bicyclic) bond motifs is 1. The number of rotatable bonds is 5. The lowest BCUT2D eigenvalue weighted by Crippen LogP contribution is -2.41. The molecule has 1 aliphatic heterocycles. The van der Waals surface area contributed by atoms with Gasteiger partial charge in [-0.25, -0.2) is 4.98 Å². The van der Waals surface area contributed by atoms with Gasteiger partial charge in [-0.2, -0.15) is 9.61 Å². The highest BCUT2D eigenvalue weighted by molar-refractivity contribution is 5.79. The molecule has 162 valence electrons. The van der Waals surface area contributed by atoms with Crippen LogP contribution in [0.4, 0.5) is 5.82 Å². The van der Waals surface area contributed by atoms with E-state index in [0.29, 0.717) is 6.54 Å². The number of aromatic nitrogens is 3. The van der Waals surface area contributed by atoms with Crippen molar-refractivity contribution in [3.8, 4) is 11.3 Å². The van der Waals surface area contributed by atoms with E-state index in [4.69, 9.17) is 5.10 Å². The Hall–Kier alpha value is -3.67. The van der Waals surface area contributed by atoms with Gasteiger partial charge in [0.15, 0.2) is 5.65 Å². The molecule has 3 heterocycles. The number of amides is 1. The van der Waals surface area contributed by atoms with Crippen LogP contribution in [0.2, 0.25) is 0 Å². The van der Waals surface area contributed by atoms with Crippen LogP contribution in [0.3, 0.4) is 0 Å². The van der Waals surface area contributed by atoms with Crippen molar-refractivity contribution in [2.24, 2.45) is 5.92 Å². The summed E-state index contributed by atoms with van der Waals surface area (Å²) in [7, 11) is 0. The molecule has 0 unspecified atom stereocenters. The number of hydrogen-bond acceptors (Lipinski definition) is 4. The smallest absolute Gasteiger partial charge is 0.223 e. The number of nitrogens with one attached hydrogen (secondary N) is 1. The van der Waals surface area contributed by atoms with Gasteiger partial charge >= 0.3 is 0 Å². The fraction of sp³-hybridized carbons (Fsp3) is 0.269. The Morgan fingerprint density at radius 1 is 1.00 bits per heavy atom. The first-order valence-electron chi connectivity index (χ1n) is 11.2. The average molecular weight is 426 g/mol. The third-order valence-corrected chi connectivity index (χ3v) is 6.11. The Balaban J connectivity index is 1.29. The topological polar surface area (TPSA) is 62.5 Å². The van der Waals surface area contributed by atoms with Crippen molar-refractivity contribution in [3.63, 3.8) is 0 Å². The van der Waals surface area contributed by atoms with Crippen LogP contribution in [0.15, 0.2) is 72.8 Å². The number of hydrogen-bond donors (Lipinski definition) is 1. The van der Waals surface area contributed by atoms with Crippen molar-refractivity contribution in [2.45, 2.75) is 26.3 Å². The molecule has 6 heteroatoms. The van der Waals surface area contributed by atoms with E-state index in [1.807, 2.05) is 66.0 Å². The molecule has 0 atom stereocenters. The summed E-state index contributed by atoms with van der Waals surface area (Å²) in [5.74, 6) is 1.23. The molecule has 1 saturated heterocycles. The van der Waals surface area contributed by atoms with Crippen LogP contribution in [-0.2, 0) is 11.3 Å². The lowest BCUT2D eigenvalue weighted by Gasteiger charge is -2.33. The molecule has 4 aromatic rings. The molecule has 32 heavy (non-hydrogen) atoms. The zero-order valence-corrected chi connectivity index (χ0v) is 18.2. The lowest BCUT2D eigenvalue weighted by atomic mass is 9.95. The minimum absolute atomic E-state index is 0.0471. The fourth-order valence-corrected chi connectivity index (χ4v) is 4.36. The van der Waals surface area contributed by atoms with E-state index in [9.17, 15) is 4.79 Å². The first kappa shape index (κ1) is 20.2. The van der Waals surface area contributed by atoms with Crippen LogP contribution in [0.1, 0.15) is 24.1 Å². The van der Waals surface area contributed by atoms with Gasteiger partial charge in [0.25, 0.3) is 0 Å². The monoisotopic (exact) mass is 425 g/mol. The second kappa shape index (κ2) is 8.83. The second-order valence-electron chi connectivity index (χ2n) is 8.39. The van der Waals surface area contributed by atoms with Gasteiger partial charge in [-0.3, -0.25) is 4.79 Å². The highest BCUT2D eigenvalue weighted by Gasteiger charge is 2.26. The molecule has 1 N–H and O–H groups in total. The largest absolute Gasteiger partial charge is 0.356 e. The zero-order chi connectivity index (χ0) is 21.9. The van der Waals surface area contributed by atoms with Crippen LogP contribution in [0, 0.1) is 12.8 Å². The molecule has 0 bridgehead atoms. The van der Waals surface area contributed by atoms with Crippen molar-refractivity contribution in [1.82, 2.24) is 19.9 Å². The number of nitrogens with zero attached hydrogens (tertiary/aromatic N) is 4. The van der Waals surface area contributed by atoms with E-state index in [1.54, 1.807) is 0 Å². The summed E-state index contributed by atoms with van der Waals surface area (Å²) >= 11 is 0. The molecular formula is C26H27N5O. The Kier molecular flexibility index (Phi) is 5.58. The van der Waals surface area contributed by atoms with E-state index < -0.39 is 0 Å². The first-order valence-corrected chi connectivity index (χ1v) is 11.2. The van der Waals surface area contributed by atoms with Crippen molar-refractivity contribution in [2.75, 3.05) is 18.0 Å². The molecule has 2 aromatic carbocycles. The number of aryl methyl sites for hydroxylation is 1. The van der Waals surface area contributed by atoms with Crippen LogP contribution in [0.5, 0.6) is 0 Å². The number of piperidine rings is 1. The van der Waals surface area contributed by atoms with Gasteiger partial charge in [-0.1, -0.05) is 60.7 Å². The lowest BCUT2D eigenvalue weighted by molar-refractivity contribution is -0.125. The minimum Gasteiger partial charge on any atom is -0.356 e. The van der Waals surface area contributed by atoms with Crippen LogP contribution < -0.4 is 10.2 Å². The minimum atomic E-state index is 0.0471. The van der Waals surface area contributed by atoms with Crippen molar-refractivity contribution >= 4 is 17.4 Å². The fourth-order valence-electron chi connectivity index (χ4n) is 4.36. The SMILES string of the molecule is Cc1cc(N2CCC(C(=O)NCc3ccccc3)CC2)n2nc(-c3ccccc3)cc2n1. The Morgan fingerprint density at radius 2 is 1.69 bits per heavy atom. The maximum atomic E-state index is 12.7. The summed E-state index contributed by atoms with van der Waals surface area (Å²) in [6.07, 6.45) is 1.66. The summed E-state index contributed by atoms with van der Waals surface area (Å²) in [6.45, 7) is 4.24. The van der Waals surface area contributed by atoms with Gasteiger partial charge in [-0.05, 0) is 25.3 Å². The number of carbonyl (C=O) groups excluding carboxylic acids is 1. The summed E-state index contributed by atoms with van der Waals surface area (Å²) in [6, 6.07) is 24.3. The summed E-state index contributed by atoms with van der Waals surface area (Å²) < 4.78 is 1.94. The van der Waals surface area contributed by atoms with Crippen LogP contribution >= 0.6 is 0 Å². The van der Waals surface area contributed by atoms with Crippen LogP contribution in [-0.4, -0.2) is 33.6 Å².